The number of sulfonamides is 1. The number of hydrogen-bond donors (Lipinski definition) is 1. The smallest absolute Gasteiger partial charge is 0.265 e. The fourth-order valence-electron chi connectivity index (χ4n) is 2.86. The van der Waals surface area contributed by atoms with Crippen molar-refractivity contribution >= 4 is 27.0 Å². The highest BCUT2D eigenvalue weighted by Gasteiger charge is 2.37. The summed E-state index contributed by atoms with van der Waals surface area (Å²) in [6.07, 6.45) is 0.765. The zero-order valence-electron chi connectivity index (χ0n) is 12.0. The second-order valence-corrected chi connectivity index (χ2v) is 8.01. The van der Waals surface area contributed by atoms with Gasteiger partial charge < -0.3 is 5.32 Å². The van der Waals surface area contributed by atoms with Gasteiger partial charge in [-0.15, -0.1) is 11.3 Å². The maximum absolute atomic E-state index is 13.1. The first kappa shape index (κ1) is 14.6. The lowest BCUT2D eigenvalue weighted by Crippen LogP contribution is -2.36. The van der Waals surface area contributed by atoms with Crippen molar-refractivity contribution in [2.24, 2.45) is 0 Å². The molecule has 1 unspecified atom stereocenters. The number of fused-ring (bicyclic) bond motifs is 1. The third-order valence-corrected chi connectivity index (χ3v) is 6.79. The van der Waals surface area contributed by atoms with Gasteiger partial charge in [0.15, 0.2) is 0 Å². The number of anilines is 1. The summed E-state index contributed by atoms with van der Waals surface area (Å²) in [6.45, 7) is 2.53. The SMILES string of the molecule is CNCc1sccc1S(=O)(=O)N1c2ccccc2CC1C. The summed E-state index contributed by atoms with van der Waals surface area (Å²) in [4.78, 5) is 1.28. The van der Waals surface area contributed by atoms with Gasteiger partial charge in [-0.1, -0.05) is 18.2 Å². The van der Waals surface area contributed by atoms with Crippen LogP contribution in [0.2, 0.25) is 0 Å². The van der Waals surface area contributed by atoms with Gasteiger partial charge in [0.2, 0.25) is 0 Å². The molecule has 2 aromatic rings. The molecule has 1 aliphatic heterocycles. The van der Waals surface area contributed by atoms with E-state index in [0.29, 0.717) is 11.4 Å². The van der Waals surface area contributed by atoms with E-state index in [4.69, 9.17) is 0 Å². The van der Waals surface area contributed by atoms with E-state index in [1.54, 1.807) is 10.4 Å². The van der Waals surface area contributed by atoms with E-state index in [9.17, 15) is 8.42 Å². The van der Waals surface area contributed by atoms with Crippen LogP contribution in [-0.2, 0) is 23.0 Å². The Morgan fingerprint density at radius 3 is 2.86 bits per heavy atom. The Hall–Kier alpha value is -1.37. The number of nitrogens with zero attached hydrogens (tertiary/aromatic N) is 1. The first-order valence-corrected chi connectivity index (χ1v) is 9.21. The molecule has 1 aliphatic rings. The van der Waals surface area contributed by atoms with Crippen LogP contribution in [0.5, 0.6) is 0 Å². The number of thiophene rings is 1. The molecule has 0 radical (unpaired) electrons. The van der Waals surface area contributed by atoms with Gasteiger partial charge in [0.1, 0.15) is 4.90 Å². The first-order valence-electron chi connectivity index (χ1n) is 6.89. The zero-order valence-corrected chi connectivity index (χ0v) is 13.7. The highest BCUT2D eigenvalue weighted by Crippen LogP contribution is 2.38. The molecule has 1 atom stereocenters. The highest BCUT2D eigenvalue weighted by atomic mass is 32.2. The Labute approximate surface area is 129 Å². The molecule has 4 nitrogen and oxygen atoms in total. The van der Waals surface area contributed by atoms with Gasteiger partial charge in [-0.3, -0.25) is 4.31 Å². The molecule has 0 amide bonds. The molecular formula is C15H18N2O2S2. The zero-order chi connectivity index (χ0) is 15.0. The van der Waals surface area contributed by atoms with Crippen LogP contribution in [0, 0.1) is 0 Å². The van der Waals surface area contributed by atoms with E-state index in [0.717, 1.165) is 22.5 Å². The quantitative estimate of drug-likeness (QED) is 0.941. The molecule has 2 heterocycles. The normalized spacial score (nSPS) is 18.0. The van der Waals surface area contributed by atoms with Gasteiger partial charge in [-0.05, 0) is 43.5 Å². The van der Waals surface area contributed by atoms with E-state index in [-0.39, 0.29) is 6.04 Å². The maximum Gasteiger partial charge on any atom is 0.265 e. The number of rotatable bonds is 4. The van der Waals surface area contributed by atoms with Crippen LogP contribution in [0.4, 0.5) is 5.69 Å². The van der Waals surface area contributed by atoms with Crippen LogP contribution in [0.1, 0.15) is 17.4 Å². The van der Waals surface area contributed by atoms with Crippen LogP contribution in [-0.4, -0.2) is 21.5 Å². The molecule has 6 heteroatoms. The highest BCUT2D eigenvalue weighted by molar-refractivity contribution is 7.93. The van der Waals surface area contributed by atoms with Crippen LogP contribution in [0.25, 0.3) is 0 Å². The summed E-state index contributed by atoms with van der Waals surface area (Å²) in [5.74, 6) is 0. The monoisotopic (exact) mass is 322 g/mol. The van der Waals surface area contributed by atoms with E-state index < -0.39 is 10.0 Å². The third kappa shape index (κ3) is 2.37. The lowest BCUT2D eigenvalue weighted by molar-refractivity contribution is 0.583. The predicted octanol–water partition coefficient (Wildman–Crippen LogP) is 2.61. The first-order chi connectivity index (χ1) is 10.1. The van der Waals surface area contributed by atoms with E-state index in [2.05, 4.69) is 5.32 Å². The van der Waals surface area contributed by atoms with Gasteiger partial charge in [-0.2, -0.15) is 0 Å². The Morgan fingerprint density at radius 1 is 1.33 bits per heavy atom. The summed E-state index contributed by atoms with van der Waals surface area (Å²) < 4.78 is 27.7. The fourth-order valence-corrected chi connectivity index (χ4v) is 5.98. The fraction of sp³-hybridized carbons (Fsp3) is 0.333. The van der Waals surface area contributed by atoms with Gasteiger partial charge in [0.05, 0.1) is 5.69 Å². The summed E-state index contributed by atoms with van der Waals surface area (Å²) in [6, 6.07) is 9.40. The third-order valence-electron chi connectivity index (χ3n) is 3.72. The molecule has 0 bridgehead atoms. The molecule has 21 heavy (non-hydrogen) atoms. The topological polar surface area (TPSA) is 49.4 Å². The second-order valence-electron chi connectivity index (χ2n) is 5.22. The molecule has 1 N–H and O–H groups in total. The standard InChI is InChI=1S/C15H18N2O2S2/c1-11-9-12-5-3-4-6-13(12)17(11)21(18,19)15-7-8-20-14(15)10-16-2/h3-8,11,16H,9-10H2,1-2H3. The van der Waals surface area contributed by atoms with E-state index >= 15 is 0 Å². The number of benzene rings is 1. The molecule has 112 valence electrons. The molecule has 1 aromatic heterocycles. The minimum atomic E-state index is -3.51. The Bertz CT molecular complexity index is 753. The lowest BCUT2D eigenvalue weighted by atomic mass is 10.1. The van der Waals surface area contributed by atoms with Gasteiger partial charge in [-0.25, -0.2) is 8.42 Å². The van der Waals surface area contributed by atoms with Crippen molar-refractivity contribution in [1.29, 1.82) is 0 Å². The van der Waals surface area contributed by atoms with Crippen LogP contribution in [0.15, 0.2) is 40.6 Å². The average Bonchev–Trinajstić information content (AvgIpc) is 3.02. The summed E-state index contributed by atoms with van der Waals surface area (Å²) in [5, 5.41) is 4.87. The lowest BCUT2D eigenvalue weighted by Gasteiger charge is -2.24. The summed E-state index contributed by atoms with van der Waals surface area (Å²) >= 11 is 1.47. The van der Waals surface area contributed by atoms with Crippen LogP contribution in [0.3, 0.4) is 0 Å². The Kier molecular flexibility index (Phi) is 3.77. The Morgan fingerprint density at radius 2 is 2.10 bits per heavy atom. The van der Waals surface area contributed by atoms with Crippen molar-refractivity contribution in [3.05, 3.63) is 46.2 Å². The number of hydrogen-bond acceptors (Lipinski definition) is 4. The number of para-hydroxylation sites is 1. The van der Waals surface area contributed by atoms with Crippen molar-refractivity contribution in [3.8, 4) is 0 Å². The molecule has 0 saturated heterocycles. The van der Waals surface area contributed by atoms with Crippen molar-refractivity contribution in [1.82, 2.24) is 5.32 Å². The van der Waals surface area contributed by atoms with Gasteiger partial charge in [0, 0.05) is 17.5 Å². The maximum atomic E-state index is 13.1. The summed E-state index contributed by atoms with van der Waals surface area (Å²) in [5.41, 5.74) is 1.91. The molecule has 3 rings (SSSR count). The molecule has 0 saturated carbocycles. The average molecular weight is 322 g/mol. The molecule has 0 spiro atoms. The molecule has 0 fully saturated rings. The van der Waals surface area contributed by atoms with Crippen molar-refractivity contribution in [2.75, 3.05) is 11.4 Å². The minimum absolute atomic E-state index is 0.0465. The number of nitrogens with one attached hydrogen (secondary N) is 1. The van der Waals surface area contributed by atoms with Crippen molar-refractivity contribution in [3.63, 3.8) is 0 Å². The van der Waals surface area contributed by atoms with Gasteiger partial charge in [0.25, 0.3) is 10.0 Å². The second kappa shape index (κ2) is 5.44. The molecular weight excluding hydrogens is 304 g/mol. The molecule has 0 aliphatic carbocycles. The predicted molar refractivity (Wildman–Crippen MR) is 86.4 cm³/mol. The minimum Gasteiger partial charge on any atom is -0.315 e. The Balaban J connectivity index is 2.08. The van der Waals surface area contributed by atoms with E-state index in [1.165, 1.54) is 11.3 Å². The van der Waals surface area contributed by atoms with Crippen LogP contribution >= 0.6 is 11.3 Å². The van der Waals surface area contributed by atoms with Gasteiger partial charge >= 0.3 is 0 Å². The largest absolute Gasteiger partial charge is 0.315 e. The van der Waals surface area contributed by atoms with E-state index in [1.807, 2.05) is 43.6 Å². The van der Waals surface area contributed by atoms with Crippen LogP contribution < -0.4 is 9.62 Å². The molecule has 1 aromatic carbocycles. The van der Waals surface area contributed by atoms with Crippen molar-refractivity contribution in [2.45, 2.75) is 30.8 Å². The summed E-state index contributed by atoms with van der Waals surface area (Å²) in [7, 11) is -1.68. The van der Waals surface area contributed by atoms with Crippen molar-refractivity contribution < 1.29 is 8.42 Å².